The van der Waals surface area contributed by atoms with Gasteiger partial charge in [-0.2, -0.15) is 0 Å². The minimum absolute atomic E-state index is 0.0894. The van der Waals surface area contributed by atoms with Crippen molar-refractivity contribution in [3.8, 4) is 16.9 Å². The Labute approximate surface area is 230 Å². The summed E-state index contributed by atoms with van der Waals surface area (Å²) in [6.45, 7) is 11.3. The number of nitrogens with zero attached hydrogens (tertiary/aromatic N) is 2. The maximum absolute atomic E-state index is 13.8. The number of hydrogen-bond donors (Lipinski definition) is 2. The topological polar surface area (TPSA) is 83.1 Å². The van der Waals surface area contributed by atoms with Crippen LogP contribution in [0.3, 0.4) is 0 Å². The molecular weight excluding hydrogens is 492 g/mol. The first kappa shape index (κ1) is 28.1. The van der Waals surface area contributed by atoms with Crippen LogP contribution in [0.2, 0.25) is 0 Å². The highest BCUT2D eigenvalue weighted by atomic mass is 16.5. The predicted molar refractivity (Wildman–Crippen MR) is 157 cm³/mol. The monoisotopic (exact) mass is 530 g/mol. The maximum Gasteiger partial charge on any atom is 0.258 e. The van der Waals surface area contributed by atoms with Crippen molar-refractivity contribution in [2.24, 2.45) is 0 Å². The van der Waals surface area contributed by atoms with E-state index in [1.54, 1.807) is 4.90 Å². The second-order valence-corrected chi connectivity index (χ2v) is 9.37. The summed E-state index contributed by atoms with van der Waals surface area (Å²) >= 11 is 0. The number of benzene rings is 3. The summed E-state index contributed by atoms with van der Waals surface area (Å²) in [6, 6.07) is 21.1. The van der Waals surface area contributed by atoms with Crippen LogP contribution in [0.15, 0.2) is 66.7 Å². The zero-order chi connectivity index (χ0) is 27.6. The van der Waals surface area contributed by atoms with Crippen molar-refractivity contribution >= 4 is 28.9 Å². The lowest BCUT2D eigenvalue weighted by molar-refractivity contribution is -0.114. The average molecular weight is 531 g/mol. The Bertz CT molecular complexity index is 1260. The van der Waals surface area contributed by atoms with E-state index >= 15 is 0 Å². The third-order valence-electron chi connectivity index (χ3n) is 6.64. The van der Waals surface area contributed by atoms with Crippen LogP contribution in [0.25, 0.3) is 11.1 Å². The molecule has 1 aliphatic heterocycles. The van der Waals surface area contributed by atoms with Crippen molar-refractivity contribution in [3.05, 3.63) is 72.3 Å². The Balaban J connectivity index is 1.62. The molecule has 0 aliphatic carbocycles. The van der Waals surface area contributed by atoms with Gasteiger partial charge in [0.1, 0.15) is 12.4 Å². The second kappa shape index (κ2) is 13.8. The SMILES string of the molecule is CCNc1ccccc1N(CC)C(=O)c1ccc(-c2ccc(NC(C)=O)cc2)c(OCCN2CCOCC2)c1. The fraction of sp³-hybridized carbons (Fsp3) is 0.355. The number of carbonyl (C=O) groups excluding carboxylic acids is 2. The fourth-order valence-corrected chi connectivity index (χ4v) is 4.69. The van der Waals surface area contributed by atoms with Crippen LogP contribution in [0, 0.1) is 0 Å². The molecule has 8 heteroatoms. The van der Waals surface area contributed by atoms with Crippen LogP contribution in [0.5, 0.6) is 5.75 Å². The van der Waals surface area contributed by atoms with Gasteiger partial charge in [-0.05, 0) is 61.9 Å². The van der Waals surface area contributed by atoms with Crippen LogP contribution < -0.4 is 20.3 Å². The summed E-state index contributed by atoms with van der Waals surface area (Å²) in [5.74, 6) is 0.444. The normalized spacial score (nSPS) is 13.5. The van der Waals surface area contributed by atoms with E-state index in [1.807, 2.05) is 80.6 Å². The summed E-state index contributed by atoms with van der Waals surface area (Å²) in [7, 11) is 0. The van der Waals surface area contributed by atoms with Crippen LogP contribution in [-0.4, -0.2) is 69.3 Å². The number of anilines is 3. The molecule has 3 aromatic carbocycles. The third kappa shape index (κ3) is 7.37. The average Bonchev–Trinajstić information content (AvgIpc) is 2.95. The molecule has 1 saturated heterocycles. The Morgan fingerprint density at radius 1 is 1.00 bits per heavy atom. The van der Waals surface area contributed by atoms with Gasteiger partial charge in [-0.15, -0.1) is 0 Å². The van der Waals surface area contributed by atoms with E-state index in [2.05, 4.69) is 15.5 Å². The number of carbonyl (C=O) groups is 2. The highest BCUT2D eigenvalue weighted by Gasteiger charge is 2.21. The number of ether oxygens (including phenoxy) is 2. The zero-order valence-corrected chi connectivity index (χ0v) is 23.0. The number of para-hydroxylation sites is 2. The highest BCUT2D eigenvalue weighted by molar-refractivity contribution is 6.08. The Morgan fingerprint density at radius 3 is 2.44 bits per heavy atom. The Morgan fingerprint density at radius 2 is 1.74 bits per heavy atom. The molecule has 0 saturated carbocycles. The molecule has 8 nitrogen and oxygen atoms in total. The number of hydrogen-bond acceptors (Lipinski definition) is 6. The molecule has 1 aliphatic rings. The molecule has 0 unspecified atom stereocenters. The maximum atomic E-state index is 13.8. The minimum atomic E-state index is -0.117. The molecule has 39 heavy (non-hydrogen) atoms. The molecule has 3 aromatic rings. The third-order valence-corrected chi connectivity index (χ3v) is 6.64. The van der Waals surface area contributed by atoms with Gasteiger partial charge in [0, 0.05) is 56.5 Å². The molecule has 2 N–H and O–H groups in total. The first-order valence-corrected chi connectivity index (χ1v) is 13.6. The van der Waals surface area contributed by atoms with Crippen molar-refractivity contribution in [2.45, 2.75) is 20.8 Å². The summed E-state index contributed by atoms with van der Waals surface area (Å²) in [6.07, 6.45) is 0. The molecule has 0 atom stereocenters. The van der Waals surface area contributed by atoms with Gasteiger partial charge >= 0.3 is 0 Å². The zero-order valence-electron chi connectivity index (χ0n) is 23.0. The van der Waals surface area contributed by atoms with Gasteiger partial charge in [0.25, 0.3) is 5.91 Å². The largest absolute Gasteiger partial charge is 0.492 e. The molecule has 1 fully saturated rings. The van der Waals surface area contributed by atoms with Crippen molar-refractivity contribution in [1.29, 1.82) is 0 Å². The lowest BCUT2D eigenvalue weighted by Gasteiger charge is -2.27. The smallest absolute Gasteiger partial charge is 0.258 e. The summed E-state index contributed by atoms with van der Waals surface area (Å²) < 4.78 is 11.8. The number of rotatable bonds is 11. The van der Waals surface area contributed by atoms with E-state index in [0.29, 0.717) is 24.5 Å². The summed E-state index contributed by atoms with van der Waals surface area (Å²) in [4.78, 5) is 29.3. The van der Waals surface area contributed by atoms with Crippen LogP contribution in [0.4, 0.5) is 17.1 Å². The molecule has 0 spiro atoms. The van der Waals surface area contributed by atoms with E-state index in [-0.39, 0.29) is 11.8 Å². The van der Waals surface area contributed by atoms with Crippen molar-refractivity contribution < 1.29 is 19.1 Å². The quantitative estimate of drug-likeness (QED) is 0.358. The number of amides is 2. The first-order valence-electron chi connectivity index (χ1n) is 13.6. The van der Waals surface area contributed by atoms with Gasteiger partial charge in [-0.1, -0.05) is 24.3 Å². The number of nitrogens with one attached hydrogen (secondary N) is 2. The molecule has 0 radical (unpaired) electrons. The molecule has 0 aromatic heterocycles. The first-order chi connectivity index (χ1) is 19.0. The lowest BCUT2D eigenvalue weighted by Crippen LogP contribution is -2.38. The second-order valence-electron chi connectivity index (χ2n) is 9.37. The van der Waals surface area contributed by atoms with Crippen molar-refractivity contribution in [3.63, 3.8) is 0 Å². The van der Waals surface area contributed by atoms with Crippen LogP contribution in [0.1, 0.15) is 31.1 Å². The Hall–Kier alpha value is -3.88. The van der Waals surface area contributed by atoms with Gasteiger partial charge < -0.3 is 25.0 Å². The predicted octanol–water partition coefficient (Wildman–Crippen LogP) is 5.12. The standard InChI is InChI=1S/C31H38N4O4/c1-4-32-28-8-6-7-9-29(28)35(5-2)31(37)25-12-15-27(24-10-13-26(14-11-24)33-23(3)36)30(22-25)39-21-18-34-16-19-38-20-17-34/h6-15,22,32H,4-5,16-21H2,1-3H3,(H,33,36). The molecule has 2 amide bonds. The van der Waals surface area contributed by atoms with Gasteiger partial charge in [-0.25, -0.2) is 0 Å². The Kier molecular flexibility index (Phi) is 9.94. The van der Waals surface area contributed by atoms with Crippen LogP contribution in [-0.2, 0) is 9.53 Å². The van der Waals surface area contributed by atoms with E-state index < -0.39 is 0 Å². The molecule has 4 rings (SSSR count). The van der Waals surface area contributed by atoms with Gasteiger partial charge in [0.15, 0.2) is 0 Å². The molecule has 206 valence electrons. The van der Waals surface area contributed by atoms with Gasteiger partial charge in [0.2, 0.25) is 5.91 Å². The van der Waals surface area contributed by atoms with E-state index in [1.165, 1.54) is 6.92 Å². The van der Waals surface area contributed by atoms with Gasteiger partial charge in [-0.3, -0.25) is 14.5 Å². The molecule has 1 heterocycles. The van der Waals surface area contributed by atoms with Gasteiger partial charge in [0.05, 0.1) is 24.6 Å². The summed E-state index contributed by atoms with van der Waals surface area (Å²) in [5, 5.41) is 6.16. The fourth-order valence-electron chi connectivity index (χ4n) is 4.69. The van der Waals surface area contributed by atoms with E-state index in [0.717, 1.165) is 67.6 Å². The molecule has 0 bridgehead atoms. The lowest BCUT2D eigenvalue weighted by atomic mass is 10.0. The minimum Gasteiger partial charge on any atom is -0.492 e. The summed E-state index contributed by atoms with van der Waals surface area (Å²) in [5.41, 5.74) is 4.88. The van der Waals surface area contributed by atoms with E-state index in [9.17, 15) is 9.59 Å². The van der Waals surface area contributed by atoms with E-state index in [4.69, 9.17) is 9.47 Å². The van der Waals surface area contributed by atoms with Crippen LogP contribution >= 0.6 is 0 Å². The highest BCUT2D eigenvalue weighted by Crippen LogP contribution is 2.34. The van der Waals surface area contributed by atoms with Crippen molar-refractivity contribution in [2.75, 3.05) is 68.1 Å². The molecular formula is C31H38N4O4. The number of morpholine rings is 1. The van der Waals surface area contributed by atoms with Crippen molar-refractivity contribution in [1.82, 2.24) is 4.90 Å².